The van der Waals surface area contributed by atoms with E-state index in [-0.39, 0.29) is 92.1 Å². The van der Waals surface area contributed by atoms with Crippen molar-refractivity contribution in [3.8, 4) is 52.2 Å². The Morgan fingerprint density at radius 3 is 1.11 bits per heavy atom. The summed E-state index contributed by atoms with van der Waals surface area (Å²) >= 11 is 31.5. The van der Waals surface area contributed by atoms with Crippen LogP contribution in [-0.2, 0) is 22.4 Å². The number of aliphatic hydroxyl groups excluding tert-OH is 1. The Kier molecular flexibility index (Phi) is 53.5. The number of nitrogens with zero attached hydrogens (tertiary/aromatic N) is 16. The zero-order chi connectivity index (χ0) is 110. The number of aryl methyl sites for hydroxylation is 3. The smallest absolute Gasteiger partial charge is 0.360 e. The summed E-state index contributed by atoms with van der Waals surface area (Å²) in [7, 11) is 6.03. The molecule has 7 heterocycles. The average Bonchev–Trinajstić information content (AvgIpc) is 1.76. The number of hydrogen-bond donors (Lipinski definition) is 5. The maximum atomic E-state index is 14.1. The van der Waals surface area contributed by atoms with E-state index in [9.17, 15) is 58.2 Å². The number of aromatic carboxylic acids is 1. The van der Waals surface area contributed by atoms with E-state index in [0.717, 1.165) is 138 Å². The molecule has 0 spiro atoms. The van der Waals surface area contributed by atoms with Crippen molar-refractivity contribution in [1.29, 1.82) is 10.5 Å². The third kappa shape index (κ3) is 34.9. The number of halogens is 6. The van der Waals surface area contributed by atoms with Gasteiger partial charge in [0.1, 0.15) is 41.0 Å². The zero-order valence-electron chi connectivity index (χ0n) is 88.9. The molecule has 11 aromatic rings. The van der Waals surface area contributed by atoms with Crippen LogP contribution in [0.15, 0.2) is 103 Å². The number of carboxylic acids is 1. The van der Waals surface area contributed by atoms with Crippen molar-refractivity contribution in [2.75, 3.05) is 101 Å². The van der Waals surface area contributed by atoms with Gasteiger partial charge in [0.2, 0.25) is 0 Å². The number of methoxy groups -OCH3 is 4. The summed E-state index contributed by atoms with van der Waals surface area (Å²) in [5.74, 6) is -1.43. The number of aromatic nitrogens is 12. The maximum Gasteiger partial charge on any atom is 0.360 e. The van der Waals surface area contributed by atoms with E-state index in [1.54, 1.807) is 136 Å². The van der Waals surface area contributed by atoms with Gasteiger partial charge in [-0.05, 0) is 191 Å². The van der Waals surface area contributed by atoms with Gasteiger partial charge < -0.3 is 63.1 Å². The summed E-state index contributed by atoms with van der Waals surface area (Å²) < 4.78 is 47.2. The zero-order valence-corrected chi connectivity index (χ0v) is 92.7. The van der Waals surface area contributed by atoms with Gasteiger partial charge >= 0.3 is 17.9 Å². The molecular weight excluding hydrogens is 2020 g/mol. The first-order valence-electron chi connectivity index (χ1n) is 50.1. The fraction of sp³-hybridized carbons (Fsp3) is 0.463. The number of amides is 5. The minimum absolute atomic E-state index is 0.00403. The minimum Gasteiger partial charge on any atom is -0.497 e. The van der Waals surface area contributed by atoms with Crippen LogP contribution in [0.4, 0.5) is 4.39 Å². The lowest BCUT2D eigenvalue weighted by Crippen LogP contribution is -2.46. The lowest BCUT2D eigenvalue weighted by atomic mass is 9.93. The molecule has 5 amide bonds. The first-order valence-corrected chi connectivity index (χ1v) is 52.0. The largest absolute Gasteiger partial charge is 0.497 e. The summed E-state index contributed by atoms with van der Waals surface area (Å²) in [4.78, 5) is 109. The quantitative estimate of drug-likeness (QED) is 0.0222. The Hall–Kier alpha value is -13.4. The Labute approximate surface area is 897 Å². The normalized spacial score (nSPS) is 11.5. The van der Waals surface area contributed by atoms with E-state index >= 15 is 0 Å². The highest BCUT2D eigenvalue weighted by Crippen LogP contribution is 2.36. The number of esters is 2. The molecule has 1 aliphatic heterocycles. The number of H-pyrrole nitrogens is 3. The third-order valence-electron chi connectivity index (χ3n) is 23.7. The average molecular weight is 2160 g/mol. The van der Waals surface area contributed by atoms with Crippen LogP contribution in [0.1, 0.15) is 312 Å². The number of hydrogen-bond acceptors (Lipinski definition) is 23. The predicted molar refractivity (Wildman–Crippen MR) is 575 cm³/mol. The molecule has 1 aliphatic rings. The molecule has 0 saturated heterocycles. The number of nitrogens with one attached hydrogen (secondary N) is 3. The van der Waals surface area contributed by atoms with E-state index in [4.69, 9.17) is 91.7 Å². The van der Waals surface area contributed by atoms with Crippen molar-refractivity contribution in [2.45, 2.75) is 233 Å². The van der Waals surface area contributed by atoms with Gasteiger partial charge in [0.15, 0.2) is 34.2 Å². The van der Waals surface area contributed by atoms with Gasteiger partial charge in [-0.1, -0.05) is 189 Å². The van der Waals surface area contributed by atoms with Gasteiger partial charge in [0.25, 0.3) is 29.5 Å². The van der Waals surface area contributed by atoms with Gasteiger partial charge in [-0.3, -0.25) is 39.3 Å². The first-order chi connectivity index (χ1) is 71.4. The number of rotatable bonds is 42. The second kappa shape index (κ2) is 64.1. The molecule has 12 rings (SSSR count). The van der Waals surface area contributed by atoms with Crippen molar-refractivity contribution in [3.63, 3.8) is 0 Å². The molecule has 0 unspecified atom stereocenters. The second-order valence-electron chi connectivity index (χ2n) is 34.6. The van der Waals surface area contributed by atoms with E-state index < -0.39 is 17.8 Å². The highest BCUT2D eigenvalue weighted by Gasteiger charge is 2.35. The van der Waals surface area contributed by atoms with Gasteiger partial charge in [-0.15, -0.1) is 0 Å². The van der Waals surface area contributed by atoms with Crippen LogP contribution >= 0.6 is 58.0 Å². The topological polar surface area (TPSA) is 436 Å². The van der Waals surface area contributed by atoms with Crippen LogP contribution in [0.3, 0.4) is 0 Å². The SMILES string of the molecule is CCCCN(CCCC)C(=O)c1n[nH]c(C)c1Cl.CCCCN(CCCC)C(=O)c1nn(-c2ccc(OC)cc2C#N)c(C)c1Cl.CCCCN(CCCC)C(=O)c1nn(-c2ccc(OC)cc2C(=O)N2Cc3ccccc3C[C@H]2CO)c(C)c1Cl.CCCCN(CCCC)C(=O)c1nn(-c2ccc(OC)cc2C(=O)O)c(C)c1Cl.CCOC(=O)c1cc(C)[nH]n1.CCOC(=O)c1n[nH]c(C)c1Cl.COc1ccc(F)c(C#N)c1. The molecule has 5 N–H and O–H groups in total. The molecule has 0 aliphatic carbocycles. The molecule has 41 heteroatoms. The molecule has 35 nitrogen and oxygen atoms in total. The number of fused-ring (bicyclic) bond motifs is 1. The summed E-state index contributed by atoms with van der Waals surface area (Å²) in [6.45, 7) is 37.3. The fourth-order valence-corrected chi connectivity index (χ4v) is 15.9. The van der Waals surface area contributed by atoms with Crippen molar-refractivity contribution >= 4 is 105 Å². The molecule has 5 aromatic carbocycles. The van der Waals surface area contributed by atoms with Crippen LogP contribution in [0.25, 0.3) is 17.1 Å². The van der Waals surface area contributed by atoms with Crippen LogP contribution in [0.2, 0.25) is 25.1 Å². The molecule has 0 saturated carbocycles. The maximum absolute atomic E-state index is 14.1. The number of benzene rings is 5. The third-order valence-corrected chi connectivity index (χ3v) is 26.0. The van der Waals surface area contributed by atoms with Gasteiger partial charge in [-0.25, -0.2) is 32.8 Å². The molecule has 6 aromatic heterocycles. The van der Waals surface area contributed by atoms with Gasteiger partial charge in [-0.2, -0.15) is 41.1 Å². The number of nitriles is 2. The van der Waals surface area contributed by atoms with E-state index in [2.05, 4.69) is 107 Å². The van der Waals surface area contributed by atoms with Crippen molar-refractivity contribution in [2.24, 2.45) is 0 Å². The first kappa shape index (κ1) is 124. The Morgan fingerprint density at radius 1 is 0.423 bits per heavy atom. The van der Waals surface area contributed by atoms with E-state index in [0.29, 0.717) is 166 Å². The fourth-order valence-electron chi connectivity index (χ4n) is 15.0. The van der Waals surface area contributed by atoms with Crippen molar-refractivity contribution < 1.29 is 81.4 Å². The lowest BCUT2D eigenvalue weighted by molar-refractivity contribution is 0.0510. The number of unbranched alkanes of at least 4 members (excludes halogenated alkanes) is 8. The lowest BCUT2D eigenvalue weighted by Gasteiger charge is -2.36. The van der Waals surface area contributed by atoms with Crippen LogP contribution in [0.5, 0.6) is 23.0 Å². The van der Waals surface area contributed by atoms with E-state index in [1.807, 2.05) is 52.8 Å². The Balaban J connectivity index is 0.000000279. The Bertz CT molecular complexity index is 6280. The number of carbonyl (C=O) groups is 8. The number of carboxylic acid groups (broad SMARTS) is 1. The van der Waals surface area contributed by atoms with Gasteiger partial charge in [0, 0.05) is 76.7 Å². The summed E-state index contributed by atoms with van der Waals surface area (Å²) in [5.41, 5.74) is 9.68. The molecule has 0 bridgehead atoms. The van der Waals surface area contributed by atoms with Crippen molar-refractivity contribution in [1.82, 2.24) is 84.4 Å². The minimum atomic E-state index is -1.12. The predicted octanol–water partition coefficient (Wildman–Crippen LogP) is 22.3. The number of ether oxygens (including phenoxy) is 6. The number of aromatic amines is 3. The Morgan fingerprint density at radius 2 is 0.765 bits per heavy atom. The molecule has 1 atom stereocenters. The second-order valence-corrected chi connectivity index (χ2v) is 36.5. The van der Waals surface area contributed by atoms with Crippen LogP contribution in [-0.4, -0.2) is 249 Å². The van der Waals surface area contributed by atoms with Crippen LogP contribution < -0.4 is 18.9 Å². The molecule has 149 heavy (non-hydrogen) atoms. The monoisotopic (exact) mass is 2150 g/mol. The number of carbonyl (C=O) groups excluding carboxylic acids is 7. The van der Waals surface area contributed by atoms with Crippen molar-refractivity contribution in [3.05, 3.63) is 236 Å². The molecule has 806 valence electrons. The van der Waals surface area contributed by atoms with Gasteiger partial charge in [0.05, 0.1) is 147 Å². The molecule has 0 radical (unpaired) electrons. The standard InChI is InChI=1S/C31H39ClN4O4.C21H27ClN4O2.C21H28ClN3O4.C13H22ClN3O.C8H6FNO.C7H9ClN2O2.C7H10N2O2/c1-5-7-15-34(16-8-6-2)31(39)29-28(32)21(3)36(33-29)27-14-13-25(40-4)18-26(27)30(38)35-19-23-12-10-9-11-22(23)17-24(35)20-37;1-5-7-11-25(12-8-6-2)21(27)20-19(22)15(3)26(24-20)18-10-9-17(28-4)13-16(18)14-23;1-5-7-11-24(12-8-6-2)20(26)19-18(22)14(3)25(23-19)17-10-9-15(29-4)13-16(17)21(27)28;1-4-6-8-17(9-7-5-2)13(18)12-11(14)10(3)15-16-12;1-11-7-2-3-8(9)6(4-7)5-10;1-3-12-7(11)6-5(8)4(2)9-10-6;1-3-11-7(10)6-4-5(2)8-9-6/h9-14,18,24,37H,5-8,15-17,19-20H2,1-4H3;9-10,13H,5-8,11-12H2,1-4H3;9-10,13H,5-8,11-12H2,1-4H3,(H,27,28);4-9H2,1-3H3,(H,15,16);2-4H,1H3;3H2,1-2H3,(H,9,10);4H,3H2,1-2H3,(H,8,9)/t24-;;;;;;/m0....../s1. The summed E-state index contributed by atoms with van der Waals surface area (Å²) in [6, 6.07) is 32.1. The molecule has 0 fully saturated rings. The summed E-state index contributed by atoms with van der Waals surface area (Å²) in [5, 5.41) is 72.3. The highest BCUT2D eigenvalue weighted by atomic mass is 35.5. The number of aliphatic hydroxyl groups is 1. The van der Waals surface area contributed by atoms with Crippen LogP contribution in [0, 0.1) is 70.0 Å². The molecular formula is C108H141Cl5FN19O16. The van der Waals surface area contributed by atoms with E-state index in [1.165, 1.54) is 43.2 Å². The highest BCUT2D eigenvalue weighted by molar-refractivity contribution is 6.36. The summed E-state index contributed by atoms with van der Waals surface area (Å²) in [6.07, 6.45) is 16.1.